The summed E-state index contributed by atoms with van der Waals surface area (Å²) in [6.45, 7) is 3.03. The zero-order valence-corrected chi connectivity index (χ0v) is 17.8. The van der Waals surface area contributed by atoms with Gasteiger partial charge in [0.05, 0.1) is 35.6 Å². The van der Waals surface area contributed by atoms with E-state index in [1.165, 1.54) is 23.1 Å². The fourth-order valence-corrected chi connectivity index (χ4v) is 4.20. The summed E-state index contributed by atoms with van der Waals surface area (Å²) < 4.78 is 5.84. The summed E-state index contributed by atoms with van der Waals surface area (Å²) in [6.07, 6.45) is 0. The lowest BCUT2D eigenvalue weighted by Gasteiger charge is -2.25. The van der Waals surface area contributed by atoms with Crippen molar-refractivity contribution >= 4 is 68.9 Å². The Balaban J connectivity index is 1.42. The molecule has 1 saturated heterocycles. The average molecular weight is 462 g/mol. The Morgan fingerprint density at radius 2 is 1.93 bits per heavy atom. The largest absolute Gasteiger partial charge is 0.379 e. The first-order valence-corrected chi connectivity index (χ1v) is 10.9. The number of anilines is 2. The summed E-state index contributed by atoms with van der Waals surface area (Å²) in [7, 11) is 0. The molecule has 1 fully saturated rings. The smallest absolute Gasteiger partial charge is 0.240 e. The number of benzene rings is 1. The standard InChI is InChI=1S/C16H17Cl2N5O3S2/c17-11-2-1-10(7-12(11)18)19-14(25)9-27-16-22-21-15(28-16)20-13(24)8-23-3-5-26-6-4-23/h1-2,7H,3-6,8-9H2,(H,19,25)(H,20,21,24). The first kappa shape index (κ1) is 21.3. The zero-order valence-electron chi connectivity index (χ0n) is 14.6. The Kier molecular flexibility index (Phi) is 7.89. The Morgan fingerprint density at radius 3 is 2.68 bits per heavy atom. The number of nitrogens with one attached hydrogen (secondary N) is 2. The molecular formula is C16H17Cl2N5O3S2. The van der Waals surface area contributed by atoms with Gasteiger partial charge < -0.3 is 10.1 Å². The van der Waals surface area contributed by atoms with Crippen LogP contribution in [-0.4, -0.2) is 65.5 Å². The molecule has 2 N–H and O–H groups in total. The SMILES string of the molecule is O=C(CSc1nnc(NC(=O)CN2CCOCC2)s1)Nc1ccc(Cl)c(Cl)c1. The Morgan fingerprint density at radius 1 is 1.14 bits per heavy atom. The molecule has 2 heterocycles. The first-order chi connectivity index (χ1) is 13.5. The van der Waals surface area contributed by atoms with Gasteiger partial charge in [-0.1, -0.05) is 46.3 Å². The van der Waals surface area contributed by atoms with Gasteiger partial charge in [-0.3, -0.25) is 19.8 Å². The number of thioether (sulfide) groups is 1. The molecule has 0 aliphatic carbocycles. The van der Waals surface area contributed by atoms with Gasteiger partial charge in [0.1, 0.15) is 0 Å². The van der Waals surface area contributed by atoms with E-state index in [0.29, 0.717) is 38.4 Å². The number of morpholine rings is 1. The van der Waals surface area contributed by atoms with Crippen molar-refractivity contribution in [3.63, 3.8) is 0 Å². The van der Waals surface area contributed by atoms with Crippen molar-refractivity contribution in [2.75, 3.05) is 49.2 Å². The van der Waals surface area contributed by atoms with Crippen molar-refractivity contribution in [3.05, 3.63) is 28.2 Å². The molecule has 1 aromatic carbocycles. The van der Waals surface area contributed by atoms with Crippen molar-refractivity contribution in [1.82, 2.24) is 15.1 Å². The average Bonchev–Trinajstić information content (AvgIpc) is 3.11. The van der Waals surface area contributed by atoms with Crippen molar-refractivity contribution in [2.24, 2.45) is 0 Å². The minimum absolute atomic E-state index is 0.146. The summed E-state index contributed by atoms with van der Waals surface area (Å²) in [5.74, 6) is -0.209. The molecule has 1 aliphatic heterocycles. The Labute approximate surface area is 179 Å². The van der Waals surface area contributed by atoms with E-state index in [9.17, 15) is 9.59 Å². The van der Waals surface area contributed by atoms with Crippen molar-refractivity contribution in [1.29, 1.82) is 0 Å². The van der Waals surface area contributed by atoms with Gasteiger partial charge >= 0.3 is 0 Å². The second kappa shape index (κ2) is 10.4. The van der Waals surface area contributed by atoms with Crippen LogP contribution in [0.25, 0.3) is 0 Å². The molecule has 3 rings (SSSR count). The van der Waals surface area contributed by atoms with Crippen molar-refractivity contribution < 1.29 is 14.3 Å². The van der Waals surface area contributed by atoms with Crippen LogP contribution in [0.1, 0.15) is 0 Å². The van der Waals surface area contributed by atoms with E-state index < -0.39 is 0 Å². The second-order valence-corrected chi connectivity index (χ2v) is 8.79. The molecule has 150 valence electrons. The van der Waals surface area contributed by atoms with Crippen LogP contribution in [0.5, 0.6) is 0 Å². The van der Waals surface area contributed by atoms with Crippen LogP contribution in [0.15, 0.2) is 22.5 Å². The summed E-state index contributed by atoms with van der Waals surface area (Å²) in [4.78, 5) is 26.1. The number of carbonyl (C=O) groups excluding carboxylic acids is 2. The molecule has 2 amide bonds. The quantitative estimate of drug-likeness (QED) is 0.483. The molecule has 8 nitrogen and oxygen atoms in total. The van der Waals surface area contributed by atoms with Crippen LogP contribution in [-0.2, 0) is 14.3 Å². The van der Waals surface area contributed by atoms with Crippen LogP contribution in [0.2, 0.25) is 10.0 Å². The predicted octanol–water partition coefficient (Wildman–Crippen LogP) is 2.85. The van der Waals surface area contributed by atoms with Gasteiger partial charge in [0.2, 0.25) is 16.9 Å². The monoisotopic (exact) mass is 461 g/mol. The minimum atomic E-state index is -0.212. The molecule has 0 saturated carbocycles. The van der Waals surface area contributed by atoms with Crippen molar-refractivity contribution in [3.8, 4) is 0 Å². The predicted molar refractivity (Wildman–Crippen MR) is 112 cm³/mol. The molecule has 0 bridgehead atoms. The van der Waals surface area contributed by atoms with Gasteiger partial charge in [-0.05, 0) is 18.2 Å². The molecule has 0 radical (unpaired) electrons. The molecule has 0 atom stereocenters. The summed E-state index contributed by atoms with van der Waals surface area (Å²) in [5.41, 5.74) is 0.563. The van der Waals surface area contributed by atoms with Gasteiger partial charge in [-0.2, -0.15) is 0 Å². The van der Waals surface area contributed by atoms with Gasteiger partial charge in [-0.25, -0.2) is 0 Å². The van der Waals surface area contributed by atoms with Gasteiger partial charge in [0, 0.05) is 18.8 Å². The highest BCUT2D eigenvalue weighted by molar-refractivity contribution is 8.01. The third kappa shape index (κ3) is 6.57. The number of carbonyl (C=O) groups is 2. The van der Waals surface area contributed by atoms with Crippen LogP contribution in [0, 0.1) is 0 Å². The zero-order chi connectivity index (χ0) is 19.9. The van der Waals surface area contributed by atoms with Crippen LogP contribution in [0.4, 0.5) is 10.8 Å². The minimum Gasteiger partial charge on any atom is -0.379 e. The summed E-state index contributed by atoms with van der Waals surface area (Å²) >= 11 is 14.2. The van der Waals surface area contributed by atoms with E-state index in [2.05, 4.69) is 20.8 Å². The third-order valence-corrected chi connectivity index (χ3v) is 6.36. The fraction of sp³-hybridized carbons (Fsp3) is 0.375. The van der Waals surface area contributed by atoms with E-state index >= 15 is 0 Å². The van der Waals surface area contributed by atoms with E-state index in [-0.39, 0.29) is 24.1 Å². The molecule has 1 aromatic heterocycles. The lowest BCUT2D eigenvalue weighted by molar-refractivity contribution is -0.118. The Hall–Kier alpha value is -1.43. The second-order valence-electron chi connectivity index (χ2n) is 5.78. The maximum atomic E-state index is 12.1. The number of ether oxygens (including phenoxy) is 1. The van der Waals surface area contributed by atoms with E-state index in [1.807, 2.05) is 4.90 Å². The molecule has 28 heavy (non-hydrogen) atoms. The maximum absolute atomic E-state index is 12.1. The lowest BCUT2D eigenvalue weighted by atomic mass is 10.3. The summed E-state index contributed by atoms with van der Waals surface area (Å²) in [6, 6.07) is 4.87. The highest BCUT2D eigenvalue weighted by Crippen LogP contribution is 2.27. The fourth-order valence-electron chi connectivity index (χ4n) is 2.34. The number of halogens is 2. The molecule has 0 unspecified atom stereocenters. The number of hydrogen-bond acceptors (Lipinski definition) is 8. The normalized spacial score (nSPS) is 14.6. The lowest BCUT2D eigenvalue weighted by Crippen LogP contribution is -2.41. The third-order valence-electron chi connectivity index (χ3n) is 3.65. The topological polar surface area (TPSA) is 96.5 Å². The number of aromatic nitrogens is 2. The highest BCUT2D eigenvalue weighted by atomic mass is 35.5. The number of nitrogens with zero attached hydrogens (tertiary/aromatic N) is 3. The number of hydrogen-bond donors (Lipinski definition) is 2. The van der Waals surface area contributed by atoms with Crippen molar-refractivity contribution in [2.45, 2.75) is 4.34 Å². The van der Waals surface area contributed by atoms with E-state index in [0.717, 1.165) is 13.1 Å². The molecule has 12 heteroatoms. The van der Waals surface area contributed by atoms with Gasteiger partial charge in [0.25, 0.3) is 0 Å². The first-order valence-electron chi connectivity index (χ1n) is 8.31. The van der Waals surface area contributed by atoms with Crippen LogP contribution in [0.3, 0.4) is 0 Å². The Bertz CT molecular complexity index is 845. The number of rotatable bonds is 7. The van der Waals surface area contributed by atoms with Crippen LogP contribution >= 0.6 is 46.3 Å². The highest BCUT2D eigenvalue weighted by Gasteiger charge is 2.16. The molecular weight excluding hydrogens is 445 g/mol. The van der Waals surface area contributed by atoms with Gasteiger partial charge in [0.15, 0.2) is 4.34 Å². The number of amides is 2. The molecule has 2 aromatic rings. The summed E-state index contributed by atoms with van der Waals surface area (Å²) in [5, 5.41) is 14.6. The van der Waals surface area contributed by atoms with Gasteiger partial charge in [-0.15, -0.1) is 10.2 Å². The van der Waals surface area contributed by atoms with E-state index in [1.54, 1.807) is 18.2 Å². The maximum Gasteiger partial charge on any atom is 0.240 e. The van der Waals surface area contributed by atoms with E-state index in [4.69, 9.17) is 27.9 Å². The molecule has 1 aliphatic rings. The molecule has 0 spiro atoms. The van der Waals surface area contributed by atoms with Crippen LogP contribution < -0.4 is 10.6 Å².